The van der Waals surface area contributed by atoms with Crippen LogP contribution in [0.5, 0.6) is 0 Å². The predicted molar refractivity (Wildman–Crippen MR) is 42.1 cm³/mol. The van der Waals surface area contributed by atoms with Gasteiger partial charge >= 0.3 is 11.7 Å². The van der Waals surface area contributed by atoms with Crippen LogP contribution in [0.3, 0.4) is 0 Å². The number of carboxylic acid groups (broad SMARTS) is 1. The number of nitrogens with zero attached hydrogens (tertiary/aromatic N) is 1. The van der Waals surface area contributed by atoms with Crippen molar-refractivity contribution in [2.75, 3.05) is 0 Å². The molecule has 0 aromatic rings. The van der Waals surface area contributed by atoms with Crippen molar-refractivity contribution < 1.29 is 24.4 Å². The van der Waals surface area contributed by atoms with E-state index in [9.17, 15) is 19.7 Å². The standard InChI is InChI=1S/C7H9NO6/c1-2-4(9)7(8(12)13)5(14-7)3-6(10)11/h5H,2-3H2,1H3,(H,10,11). The molecular weight excluding hydrogens is 194 g/mol. The SMILES string of the molecule is CCC(=O)C1([N+](=O)[O-])OC1CC(=O)O. The molecule has 1 fully saturated rings. The van der Waals surface area contributed by atoms with Gasteiger partial charge in [-0.25, -0.2) is 0 Å². The first kappa shape index (κ1) is 10.6. The summed E-state index contributed by atoms with van der Waals surface area (Å²) in [6, 6.07) is 0. The molecule has 78 valence electrons. The third-order valence-electron chi connectivity index (χ3n) is 2.05. The minimum absolute atomic E-state index is 0.0445. The highest BCUT2D eigenvalue weighted by Gasteiger charge is 2.74. The fourth-order valence-electron chi connectivity index (χ4n) is 1.28. The Labute approximate surface area is 78.8 Å². The number of epoxide rings is 1. The Hall–Kier alpha value is -1.50. The Morgan fingerprint density at radius 3 is 2.57 bits per heavy atom. The summed E-state index contributed by atoms with van der Waals surface area (Å²) < 4.78 is 4.60. The Bertz CT molecular complexity index is 301. The fourth-order valence-corrected chi connectivity index (χ4v) is 1.28. The van der Waals surface area contributed by atoms with Crippen molar-refractivity contribution in [1.29, 1.82) is 0 Å². The van der Waals surface area contributed by atoms with Gasteiger partial charge in [-0.15, -0.1) is 0 Å². The molecule has 1 saturated heterocycles. The normalized spacial score (nSPS) is 29.6. The van der Waals surface area contributed by atoms with E-state index >= 15 is 0 Å². The van der Waals surface area contributed by atoms with Crippen molar-refractivity contribution >= 4 is 11.8 Å². The van der Waals surface area contributed by atoms with Gasteiger partial charge in [0.15, 0.2) is 6.10 Å². The Kier molecular flexibility index (Phi) is 2.52. The van der Waals surface area contributed by atoms with Crippen LogP contribution in [-0.2, 0) is 14.3 Å². The number of aliphatic carboxylic acids is 1. The zero-order chi connectivity index (χ0) is 10.9. The molecule has 0 amide bonds. The lowest BCUT2D eigenvalue weighted by atomic mass is 10.1. The number of hydrogen-bond acceptors (Lipinski definition) is 5. The third-order valence-corrected chi connectivity index (χ3v) is 2.05. The lowest BCUT2D eigenvalue weighted by Gasteiger charge is -2.00. The van der Waals surface area contributed by atoms with Crippen LogP contribution in [0.2, 0.25) is 0 Å². The van der Waals surface area contributed by atoms with Crippen LogP contribution in [0, 0.1) is 10.1 Å². The minimum atomic E-state index is -2.09. The molecule has 0 aromatic carbocycles. The quantitative estimate of drug-likeness (QED) is 0.376. The van der Waals surface area contributed by atoms with E-state index in [0.29, 0.717) is 0 Å². The number of carbonyl (C=O) groups is 2. The summed E-state index contributed by atoms with van der Waals surface area (Å²) in [5.74, 6) is -1.91. The van der Waals surface area contributed by atoms with Gasteiger partial charge in [0.25, 0.3) is 0 Å². The summed E-state index contributed by atoms with van der Waals surface area (Å²) in [5.41, 5.74) is -2.09. The first-order valence-electron chi connectivity index (χ1n) is 4.02. The highest BCUT2D eigenvalue weighted by Crippen LogP contribution is 2.40. The molecule has 7 heteroatoms. The summed E-state index contributed by atoms with van der Waals surface area (Å²) in [7, 11) is 0. The van der Waals surface area contributed by atoms with Crippen molar-refractivity contribution in [1.82, 2.24) is 0 Å². The zero-order valence-electron chi connectivity index (χ0n) is 7.43. The van der Waals surface area contributed by atoms with Gasteiger partial charge in [-0.1, -0.05) is 6.92 Å². The second-order valence-corrected chi connectivity index (χ2v) is 2.93. The zero-order valence-corrected chi connectivity index (χ0v) is 7.43. The van der Waals surface area contributed by atoms with Crippen molar-refractivity contribution in [3.8, 4) is 0 Å². The summed E-state index contributed by atoms with van der Waals surface area (Å²) >= 11 is 0. The molecule has 1 rings (SSSR count). The topological polar surface area (TPSA) is 110 Å². The van der Waals surface area contributed by atoms with E-state index < -0.39 is 34.9 Å². The first-order valence-corrected chi connectivity index (χ1v) is 4.02. The maximum Gasteiger partial charge on any atom is 0.411 e. The van der Waals surface area contributed by atoms with Gasteiger partial charge in [0.05, 0.1) is 11.3 Å². The molecular formula is C7H9NO6. The number of rotatable bonds is 5. The number of carboxylic acids is 1. The van der Waals surface area contributed by atoms with Crippen LogP contribution in [0.25, 0.3) is 0 Å². The van der Waals surface area contributed by atoms with Gasteiger partial charge in [-0.3, -0.25) is 24.4 Å². The lowest BCUT2D eigenvalue weighted by molar-refractivity contribution is -0.545. The van der Waals surface area contributed by atoms with Crippen LogP contribution in [0.4, 0.5) is 0 Å². The summed E-state index contributed by atoms with van der Waals surface area (Å²) in [5, 5.41) is 18.9. The predicted octanol–water partition coefficient (Wildman–Crippen LogP) is -0.188. The molecule has 1 N–H and O–H groups in total. The Morgan fingerprint density at radius 1 is 1.64 bits per heavy atom. The van der Waals surface area contributed by atoms with Crippen molar-refractivity contribution in [2.45, 2.75) is 31.6 Å². The maximum atomic E-state index is 11.2. The van der Waals surface area contributed by atoms with E-state index in [1.807, 2.05) is 0 Å². The van der Waals surface area contributed by atoms with Gasteiger partial charge in [-0.2, -0.15) is 0 Å². The van der Waals surface area contributed by atoms with Crippen LogP contribution < -0.4 is 0 Å². The number of Topliss-reactive ketones (excluding diaryl/α,β-unsaturated/α-hetero) is 1. The second kappa shape index (κ2) is 3.33. The van der Waals surface area contributed by atoms with Crippen molar-refractivity contribution in [2.24, 2.45) is 0 Å². The van der Waals surface area contributed by atoms with Gasteiger partial charge in [0, 0.05) is 6.42 Å². The highest BCUT2D eigenvalue weighted by molar-refractivity contribution is 5.89. The third kappa shape index (κ3) is 1.46. The summed E-state index contributed by atoms with van der Waals surface area (Å²) in [4.78, 5) is 31.1. The molecule has 0 spiro atoms. The molecule has 7 nitrogen and oxygen atoms in total. The van der Waals surface area contributed by atoms with Crippen LogP contribution in [-0.4, -0.2) is 33.6 Å². The number of nitro groups is 1. The first-order chi connectivity index (χ1) is 6.45. The maximum absolute atomic E-state index is 11.2. The number of ketones is 1. The largest absolute Gasteiger partial charge is 0.481 e. The highest BCUT2D eigenvalue weighted by atomic mass is 16.7. The second-order valence-electron chi connectivity index (χ2n) is 2.93. The minimum Gasteiger partial charge on any atom is -0.481 e. The van der Waals surface area contributed by atoms with Gasteiger partial charge < -0.3 is 5.11 Å². The molecule has 0 saturated carbocycles. The van der Waals surface area contributed by atoms with E-state index in [4.69, 9.17) is 5.11 Å². The summed E-state index contributed by atoms with van der Waals surface area (Å²) in [6.07, 6.45) is -1.69. The monoisotopic (exact) mass is 203 g/mol. The average molecular weight is 203 g/mol. The molecule has 0 aliphatic carbocycles. The van der Waals surface area contributed by atoms with Crippen LogP contribution >= 0.6 is 0 Å². The van der Waals surface area contributed by atoms with Crippen LogP contribution in [0.15, 0.2) is 0 Å². The smallest absolute Gasteiger partial charge is 0.411 e. The van der Waals surface area contributed by atoms with Gasteiger partial charge in [0.1, 0.15) is 0 Å². The number of carbonyl (C=O) groups excluding carboxylic acids is 1. The van der Waals surface area contributed by atoms with Gasteiger partial charge in [-0.05, 0) is 0 Å². The van der Waals surface area contributed by atoms with E-state index in [-0.39, 0.29) is 6.42 Å². The molecule has 0 aromatic heterocycles. The molecule has 1 heterocycles. The molecule has 2 unspecified atom stereocenters. The molecule has 1 aliphatic heterocycles. The van der Waals surface area contributed by atoms with Gasteiger partial charge in [0.2, 0.25) is 5.78 Å². The molecule has 0 bridgehead atoms. The Balaban J connectivity index is 2.76. The van der Waals surface area contributed by atoms with E-state index in [1.54, 1.807) is 0 Å². The lowest BCUT2D eigenvalue weighted by Crippen LogP contribution is -2.36. The number of hydrogen-bond donors (Lipinski definition) is 1. The van der Waals surface area contributed by atoms with E-state index in [0.717, 1.165) is 0 Å². The van der Waals surface area contributed by atoms with Crippen LogP contribution in [0.1, 0.15) is 19.8 Å². The number of ether oxygens (including phenoxy) is 1. The average Bonchev–Trinajstić information content (AvgIpc) is 2.78. The summed E-state index contributed by atoms with van der Waals surface area (Å²) in [6.45, 7) is 1.47. The fraction of sp³-hybridized carbons (Fsp3) is 0.714. The molecule has 0 radical (unpaired) electrons. The van der Waals surface area contributed by atoms with E-state index in [1.165, 1.54) is 6.92 Å². The molecule has 14 heavy (non-hydrogen) atoms. The van der Waals surface area contributed by atoms with Crippen molar-refractivity contribution in [3.63, 3.8) is 0 Å². The molecule has 2 atom stereocenters. The molecule has 1 aliphatic rings. The van der Waals surface area contributed by atoms with E-state index in [2.05, 4.69) is 4.74 Å². The Morgan fingerprint density at radius 2 is 2.21 bits per heavy atom. The van der Waals surface area contributed by atoms with Crippen molar-refractivity contribution in [3.05, 3.63) is 10.1 Å².